The quantitative estimate of drug-likeness (QED) is 0.836. The molecule has 3 N–H and O–H groups in total. The van der Waals surface area contributed by atoms with Crippen LogP contribution in [0.4, 0.5) is 0 Å². The molecule has 0 radical (unpaired) electrons. The van der Waals surface area contributed by atoms with Crippen molar-refractivity contribution in [1.82, 2.24) is 5.32 Å². The Morgan fingerprint density at radius 3 is 2.78 bits per heavy atom. The van der Waals surface area contributed by atoms with E-state index in [0.717, 1.165) is 6.54 Å². The van der Waals surface area contributed by atoms with Gasteiger partial charge in [0.25, 0.3) is 5.91 Å². The molecule has 0 atom stereocenters. The highest BCUT2D eigenvalue weighted by Crippen LogP contribution is 2.48. The van der Waals surface area contributed by atoms with Crippen molar-refractivity contribution in [3.05, 3.63) is 23.7 Å². The average molecular weight is 273 g/mol. The Bertz CT molecular complexity index is 399. The maximum atomic E-state index is 11.8. The number of carbonyl (C=O) groups excluding carboxylic acids is 1. The van der Waals surface area contributed by atoms with E-state index in [1.165, 1.54) is 31.9 Å². The van der Waals surface area contributed by atoms with Crippen molar-refractivity contribution < 1.29 is 9.21 Å². The predicted octanol–water partition coefficient (Wildman–Crippen LogP) is 2.47. The zero-order chi connectivity index (χ0) is 12.3. The van der Waals surface area contributed by atoms with Gasteiger partial charge in [-0.3, -0.25) is 4.79 Å². The Morgan fingerprint density at radius 1 is 1.56 bits per heavy atom. The zero-order valence-corrected chi connectivity index (χ0v) is 11.5. The Labute approximate surface area is 114 Å². The molecule has 1 saturated carbocycles. The molecule has 0 aromatic carbocycles. The van der Waals surface area contributed by atoms with Gasteiger partial charge in [-0.2, -0.15) is 0 Å². The smallest absolute Gasteiger partial charge is 0.254 e. The van der Waals surface area contributed by atoms with Crippen LogP contribution in [0.15, 0.2) is 16.7 Å². The number of nitrogens with two attached hydrogens (primary N) is 1. The summed E-state index contributed by atoms with van der Waals surface area (Å²) in [5, 5.41) is 2.98. The number of furan rings is 1. The number of rotatable bonds is 6. The van der Waals surface area contributed by atoms with Gasteiger partial charge in [-0.15, -0.1) is 12.4 Å². The molecule has 1 aliphatic carbocycles. The SMILES string of the molecule is CCCC1(CNC(=O)c2coc(CN)c2)CC1.Cl. The molecule has 1 aliphatic rings. The van der Waals surface area contributed by atoms with Gasteiger partial charge < -0.3 is 15.5 Å². The second-order valence-electron chi connectivity index (χ2n) is 4.94. The number of halogens is 1. The second-order valence-corrected chi connectivity index (χ2v) is 4.94. The number of carbonyl (C=O) groups is 1. The van der Waals surface area contributed by atoms with Gasteiger partial charge in [0.2, 0.25) is 0 Å². The van der Waals surface area contributed by atoms with Crippen molar-refractivity contribution in [2.75, 3.05) is 6.54 Å². The molecular weight excluding hydrogens is 252 g/mol. The summed E-state index contributed by atoms with van der Waals surface area (Å²) < 4.78 is 5.14. The molecule has 1 amide bonds. The molecular formula is C13H21ClN2O2. The van der Waals surface area contributed by atoms with Crippen LogP contribution in [0.25, 0.3) is 0 Å². The largest absolute Gasteiger partial charge is 0.467 e. The van der Waals surface area contributed by atoms with Gasteiger partial charge in [0, 0.05) is 6.54 Å². The van der Waals surface area contributed by atoms with Crippen molar-refractivity contribution in [2.24, 2.45) is 11.1 Å². The molecule has 102 valence electrons. The summed E-state index contributed by atoms with van der Waals surface area (Å²) in [6.07, 6.45) is 6.32. The summed E-state index contributed by atoms with van der Waals surface area (Å²) in [5.74, 6) is 0.584. The third-order valence-electron chi connectivity index (χ3n) is 3.48. The Hall–Kier alpha value is -1.00. The lowest BCUT2D eigenvalue weighted by Crippen LogP contribution is -2.29. The lowest BCUT2D eigenvalue weighted by Gasteiger charge is -2.14. The lowest BCUT2D eigenvalue weighted by atomic mass is 10.0. The molecule has 1 aromatic rings. The molecule has 0 spiro atoms. The Morgan fingerprint density at radius 2 is 2.28 bits per heavy atom. The molecule has 0 bridgehead atoms. The monoisotopic (exact) mass is 272 g/mol. The van der Waals surface area contributed by atoms with Gasteiger partial charge in [0.1, 0.15) is 12.0 Å². The topological polar surface area (TPSA) is 68.3 Å². The zero-order valence-electron chi connectivity index (χ0n) is 10.7. The van der Waals surface area contributed by atoms with E-state index < -0.39 is 0 Å². The Balaban J connectivity index is 0.00000162. The molecule has 1 fully saturated rings. The maximum Gasteiger partial charge on any atom is 0.254 e. The van der Waals surface area contributed by atoms with Gasteiger partial charge in [-0.1, -0.05) is 13.3 Å². The summed E-state index contributed by atoms with van der Waals surface area (Å²) in [6.45, 7) is 3.29. The molecule has 1 heterocycles. The van der Waals surface area contributed by atoms with Crippen molar-refractivity contribution in [1.29, 1.82) is 0 Å². The van der Waals surface area contributed by atoms with Crippen LogP contribution < -0.4 is 11.1 Å². The first kappa shape index (κ1) is 15.1. The fraction of sp³-hybridized carbons (Fsp3) is 0.615. The van der Waals surface area contributed by atoms with Gasteiger partial charge in [0.05, 0.1) is 12.1 Å². The fourth-order valence-corrected chi connectivity index (χ4v) is 2.20. The molecule has 18 heavy (non-hydrogen) atoms. The normalized spacial score (nSPS) is 15.9. The standard InChI is InChI=1S/C13H20N2O2.ClH/c1-2-3-13(4-5-13)9-15-12(16)10-6-11(7-14)17-8-10;/h6,8H,2-5,7,9,14H2,1H3,(H,15,16);1H. The van der Waals surface area contributed by atoms with Crippen LogP contribution in [0.3, 0.4) is 0 Å². The average Bonchev–Trinajstić information content (AvgIpc) is 2.93. The van der Waals surface area contributed by atoms with Gasteiger partial charge in [-0.05, 0) is 30.7 Å². The minimum absolute atomic E-state index is 0. The minimum atomic E-state index is -0.0594. The van der Waals surface area contributed by atoms with E-state index in [-0.39, 0.29) is 18.3 Å². The Kier molecular flexibility index (Phi) is 5.23. The van der Waals surface area contributed by atoms with E-state index >= 15 is 0 Å². The first-order valence-corrected chi connectivity index (χ1v) is 6.25. The summed E-state index contributed by atoms with van der Waals surface area (Å²) in [7, 11) is 0. The van der Waals surface area contributed by atoms with Crippen molar-refractivity contribution >= 4 is 18.3 Å². The van der Waals surface area contributed by atoms with Crippen LogP contribution in [0.5, 0.6) is 0 Å². The minimum Gasteiger partial charge on any atom is -0.467 e. The van der Waals surface area contributed by atoms with Gasteiger partial charge in [-0.25, -0.2) is 0 Å². The molecule has 0 saturated heterocycles. The molecule has 4 nitrogen and oxygen atoms in total. The van der Waals surface area contributed by atoms with Crippen molar-refractivity contribution in [2.45, 2.75) is 39.2 Å². The fourth-order valence-electron chi connectivity index (χ4n) is 2.20. The second kappa shape index (κ2) is 6.25. The predicted molar refractivity (Wildman–Crippen MR) is 72.8 cm³/mol. The first-order valence-electron chi connectivity index (χ1n) is 6.25. The van der Waals surface area contributed by atoms with E-state index in [4.69, 9.17) is 10.2 Å². The van der Waals surface area contributed by atoms with Crippen LogP contribution >= 0.6 is 12.4 Å². The summed E-state index contributed by atoms with van der Waals surface area (Å²) >= 11 is 0. The van der Waals surface area contributed by atoms with E-state index in [1.807, 2.05) is 0 Å². The summed E-state index contributed by atoms with van der Waals surface area (Å²) in [5.41, 5.74) is 6.38. The van der Waals surface area contributed by atoms with Crippen LogP contribution in [-0.2, 0) is 6.54 Å². The van der Waals surface area contributed by atoms with E-state index in [9.17, 15) is 4.79 Å². The molecule has 0 aliphatic heterocycles. The highest BCUT2D eigenvalue weighted by Gasteiger charge is 2.41. The molecule has 0 unspecified atom stereocenters. The third-order valence-corrected chi connectivity index (χ3v) is 3.48. The van der Waals surface area contributed by atoms with E-state index in [2.05, 4.69) is 12.2 Å². The van der Waals surface area contributed by atoms with Gasteiger partial charge in [0.15, 0.2) is 0 Å². The summed E-state index contributed by atoms with van der Waals surface area (Å²) in [4.78, 5) is 11.8. The van der Waals surface area contributed by atoms with Gasteiger partial charge >= 0.3 is 0 Å². The first-order chi connectivity index (χ1) is 8.19. The van der Waals surface area contributed by atoms with Crippen molar-refractivity contribution in [3.8, 4) is 0 Å². The summed E-state index contributed by atoms with van der Waals surface area (Å²) in [6, 6.07) is 1.70. The molecule has 1 aromatic heterocycles. The van der Waals surface area contributed by atoms with Crippen LogP contribution in [0.1, 0.15) is 48.7 Å². The van der Waals surface area contributed by atoms with Crippen LogP contribution in [-0.4, -0.2) is 12.5 Å². The number of hydrogen-bond donors (Lipinski definition) is 2. The van der Waals surface area contributed by atoms with E-state index in [0.29, 0.717) is 23.3 Å². The lowest BCUT2D eigenvalue weighted by molar-refractivity contribution is 0.0943. The maximum absolute atomic E-state index is 11.8. The van der Waals surface area contributed by atoms with E-state index in [1.54, 1.807) is 6.07 Å². The number of amides is 1. The molecule has 2 rings (SSSR count). The van der Waals surface area contributed by atoms with Crippen LogP contribution in [0, 0.1) is 5.41 Å². The highest BCUT2D eigenvalue weighted by atomic mass is 35.5. The van der Waals surface area contributed by atoms with Crippen molar-refractivity contribution in [3.63, 3.8) is 0 Å². The third kappa shape index (κ3) is 3.50. The van der Waals surface area contributed by atoms with Crippen LogP contribution in [0.2, 0.25) is 0 Å². The highest BCUT2D eigenvalue weighted by molar-refractivity contribution is 5.94. The number of hydrogen-bond acceptors (Lipinski definition) is 3. The molecule has 5 heteroatoms. The number of nitrogens with one attached hydrogen (secondary N) is 1.